The van der Waals surface area contributed by atoms with E-state index in [2.05, 4.69) is 16.8 Å². The summed E-state index contributed by atoms with van der Waals surface area (Å²) in [6.45, 7) is 5.06. The molecule has 0 N–H and O–H groups in total. The van der Waals surface area contributed by atoms with Crippen LogP contribution in [0.5, 0.6) is 0 Å². The second-order valence-electron chi connectivity index (χ2n) is 9.05. The number of hydrogen-bond acceptors (Lipinski definition) is 5. The highest BCUT2D eigenvalue weighted by Gasteiger charge is 2.30. The molecule has 0 atom stereocenters. The molecule has 4 heterocycles. The van der Waals surface area contributed by atoms with E-state index in [1.807, 2.05) is 24.1 Å². The largest absolute Gasteiger partial charge is 0.352 e. The Bertz CT molecular complexity index is 1150. The lowest BCUT2D eigenvalue weighted by Crippen LogP contribution is -2.39. The van der Waals surface area contributed by atoms with Crippen molar-refractivity contribution in [3.8, 4) is 0 Å². The first-order chi connectivity index (χ1) is 16.0. The van der Waals surface area contributed by atoms with Gasteiger partial charge < -0.3 is 14.4 Å². The van der Waals surface area contributed by atoms with Gasteiger partial charge in [-0.15, -0.1) is 0 Å². The monoisotopic (exact) mass is 448 g/mol. The van der Waals surface area contributed by atoms with Crippen molar-refractivity contribution >= 4 is 11.7 Å². The Labute approximate surface area is 193 Å². The van der Waals surface area contributed by atoms with E-state index in [9.17, 15) is 9.18 Å². The lowest BCUT2D eigenvalue weighted by Gasteiger charge is -2.34. The highest BCUT2D eigenvalue weighted by molar-refractivity contribution is 5.90. The quantitative estimate of drug-likeness (QED) is 0.610. The number of aryl methyl sites for hydroxylation is 2. The van der Waals surface area contributed by atoms with E-state index >= 15 is 0 Å². The fraction of sp³-hybridized carbons (Fsp3) is 0.440. The maximum atomic E-state index is 13.3. The summed E-state index contributed by atoms with van der Waals surface area (Å²) >= 11 is 0. The summed E-state index contributed by atoms with van der Waals surface area (Å²) in [5, 5.41) is 0. The van der Waals surface area contributed by atoms with Gasteiger partial charge in [0.1, 0.15) is 17.5 Å². The number of amides is 1. The third-order valence-corrected chi connectivity index (χ3v) is 6.81. The second kappa shape index (κ2) is 8.92. The highest BCUT2D eigenvalue weighted by Crippen LogP contribution is 2.33. The van der Waals surface area contributed by atoms with Crippen LogP contribution in [0.4, 0.5) is 10.2 Å². The van der Waals surface area contributed by atoms with Gasteiger partial charge in [0.05, 0.1) is 0 Å². The molecular weight excluding hydrogens is 419 g/mol. The molecule has 3 aromatic rings. The van der Waals surface area contributed by atoms with Crippen LogP contribution < -0.4 is 4.90 Å². The zero-order valence-electron chi connectivity index (χ0n) is 19.2. The predicted molar refractivity (Wildman–Crippen MR) is 124 cm³/mol. The predicted octanol–water partition coefficient (Wildman–Crippen LogP) is 3.63. The van der Waals surface area contributed by atoms with Crippen molar-refractivity contribution < 1.29 is 9.18 Å². The van der Waals surface area contributed by atoms with Gasteiger partial charge in [0.2, 0.25) is 0 Å². The van der Waals surface area contributed by atoms with Crippen molar-refractivity contribution in [1.82, 2.24) is 24.4 Å². The summed E-state index contributed by atoms with van der Waals surface area (Å²) in [5.41, 5.74) is 3.34. The first kappa shape index (κ1) is 21.6. The van der Waals surface area contributed by atoms with E-state index in [4.69, 9.17) is 9.97 Å². The highest BCUT2D eigenvalue weighted by atomic mass is 19.1. The molecule has 8 heteroatoms. The van der Waals surface area contributed by atoms with Gasteiger partial charge in [0, 0.05) is 62.8 Å². The average Bonchev–Trinajstić information content (AvgIpc) is 3.26. The molecule has 0 aliphatic carbocycles. The van der Waals surface area contributed by atoms with Gasteiger partial charge in [0.25, 0.3) is 5.91 Å². The Morgan fingerprint density at radius 2 is 1.88 bits per heavy atom. The average molecular weight is 449 g/mol. The topological polar surface area (TPSA) is 67.2 Å². The van der Waals surface area contributed by atoms with E-state index in [0.29, 0.717) is 25.5 Å². The molecule has 5 rings (SSSR count). The number of imidazole rings is 1. The zero-order chi connectivity index (χ0) is 22.9. The molecule has 7 nitrogen and oxygen atoms in total. The number of likely N-dealkylation sites (tertiary alicyclic amines) is 1. The normalized spacial score (nSPS) is 16.7. The summed E-state index contributed by atoms with van der Waals surface area (Å²) < 4.78 is 15.1. The fourth-order valence-electron chi connectivity index (χ4n) is 4.91. The summed E-state index contributed by atoms with van der Waals surface area (Å²) in [5.74, 6) is 2.36. The van der Waals surface area contributed by atoms with Crippen molar-refractivity contribution in [2.45, 2.75) is 45.1 Å². The van der Waals surface area contributed by atoms with Crippen LogP contribution in [0.15, 0.2) is 36.7 Å². The van der Waals surface area contributed by atoms with E-state index in [1.54, 1.807) is 17.0 Å². The van der Waals surface area contributed by atoms with E-state index < -0.39 is 0 Å². The first-order valence-corrected chi connectivity index (χ1v) is 11.6. The molecule has 0 bridgehead atoms. The number of piperidine rings is 1. The molecule has 2 aromatic heterocycles. The molecule has 0 spiro atoms. The minimum Gasteiger partial charge on any atom is -0.352 e. The van der Waals surface area contributed by atoms with E-state index in [-0.39, 0.29) is 17.6 Å². The lowest BCUT2D eigenvalue weighted by atomic mass is 9.94. The van der Waals surface area contributed by atoms with Gasteiger partial charge in [-0.25, -0.2) is 19.3 Å². The third kappa shape index (κ3) is 4.34. The number of carbonyl (C=O) groups excluding carboxylic acids is 1. The first-order valence-electron chi connectivity index (χ1n) is 11.6. The van der Waals surface area contributed by atoms with E-state index in [1.165, 1.54) is 17.7 Å². The smallest absolute Gasteiger partial charge is 0.289 e. The molecule has 0 saturated carbocycles. The Morgan fingerprint density at radius 1 is 1.12 bits per heavy atom. The van der Waals surface area contributed by atoms with Gasteiger partial charge >= 0.3 is 0 Å². The number of nitrogens with zero attached hydrogens (tertiary/aromatic N) is 6. The molecule has 2 aliphatic heterocycles. The number of hydrogen-bond donors (Lipinski definition) is 0. The Kier molecular flexibility index (Phi) is 5.83. The van der Waals surface area contributed by atoms with Crippen molar-refractivity contribution in [2.24, 2.45) is 7.05 Å². The van der Waals surface area contributed by atoms with E-state index in [0.717, 1.165) is 55.1 Å². The molecule has 172 valence electrons. The molecule has 1 fully saturated rings. The standard InChI is InChI=1S/C25H29FN6O/c1-17-21-4-3-12-32(16-18-5-7-20(26)8-6-18)23(21)29-22(28-17)19-9-13-31(14-10-19)25(33)24-27-11-15-30(24)2/h5-8,11,15,19H,3-4,9-10,12-14,16H2,1-2H3. The zero-order valence-corrected chi connectivity index (χ0v) is 19.2. The maximum Gasteiger partial charge on any atom is 0.289 e. The lowest BCUT2D eigenvalue weighted by molar-refractivity contribution is 0.0695. The molecule has 0 radical (unpaired) electrons. The van der Waals surface area contributed by atoms with Crippen LogP contribution in [0.1, 0.15) is 58.4 Å². The van der Waals surface area contributed by atoms with Crippen LogP contribution in [0.3, 0.4) is 0 Å². The van der Waals surface area contributed by atoms with Crippen molar-refractivity contribution in [1.29, 1.82) is 0 Å². The van der Waals surface area contributed by atoms with Crippen LogP contribution in [-0.4, -0.2) is 50.0 Å². The summed E-state index contributed by atoms with van der Waals surface area (Å²) in [7, 11) is 1.84. The molecule has 1 saturated heterocycles. The Hall–Kier alpha value is -3.29. The van der Waals surface area contributed by atoms with Gasteiger partial charge in [-0.1, -0.05) is 12.1 Å². The van der Waals surface area contributed by atoms with Crippen LogP contribution >= 0.6 is 0 Å². The number of benzene rings is 1. The number of fused-ring (bicyclic) bond motifs is 1. The fourth-order valence-corrected chi connectivity index (χ4v) is 4.91. The van der Waals surface area contributed by atoms with Gasteiger partial charge in [-0.2, -0.15) is 0 Å². The Morgan fingerprint density at radius 3 is 2.58 bits per heavy atom. The third-order valence-electron chi connectivity index (χ3n) is 6.81. The number of carbonyl (C=O) groups is 1. The number of aromatic nitrogens is 4. The summed E-state index contributed by atoms with van der Waals surface area (Å²) in [6, 6.07) is 6.70. The number of halogens is 1. The maximum absolute atomic E-state index is 13.3. The molecular formula is C25H29FN6O. The van der Waals surface area contributed by atoms with Gasteiger partial charge in [-0.05, 0) is 50.3 Å². The molecule has 33 heavy (non-hydrogen) atoms. The van der Waals surface area contributed by atoms with Gasteiger partial charge in [-0.3, -0.25) is 4.79 Å². The van der Waals surface area contributed by atoms with Crippen LogP contribution in [0.2, 0.25) is 0 Å². The van der Waals surface area contributed by atoms with Crippen molar-refractivity contribution in [3.05, 3.63) is 70.9 Å². The molecule has 1 aromatic carbocycles. The Balaban J connectivity index is 1.33. The molecule has 1 amide bonds. The number of rotatable bonds is 4. The minimum absolute atomic E-state index is 0.0195. The SMILES string of the molecule is Cc1nc(C2CCN(C(=O)c3nccn3C)CC2)nc2c1CCCN2Cc1ccc(F)cc1. The summed E-state index contributed by atoms with van der Waals surface area (Å²) in [6.07, 6.45) is 7.17. The van der Waals surface area contributed by atoms with Crippen molar-refractivity contribution in [3.63, 3.8) is 0 Å². The van der Waals surface area contributed by atoms with Crippen molar-refractivity contribution in [2.75, 3.05) is 24.5 Å². The number of anilines is 1. The van der Waals surface area contributed by atoms with Crippen LogP contribution in [-0.2, 0) is 20.0 Å². The molecule has 0 unspecified atom stereocenters. The molecule has 2 aliphatic rings. The van der Waals surface area contributed by atoms with Crippen LogP contribution in [0, 0.1) is 12.7 Å². The second-order valence-corrected chi connectivity index (χ2v) is 9.05. The summed E-state index contributed by atoms with van der Waals surface area (Å²) in [4.78, 5) is 31.1. The van der Waals surface area contributed by atoms with Crippen LogP contribution in [0.25, 0.3) is 0 Å². The van der Waals surface area contributed by atoms with Gasteiger partial charge in [0.15, 0.2) is 5.82 Å². The minimum atomic E-state index is -0.217.